The number of fused-ring (bicyclic) bond motifs is 1. The second kappa shape index (κ2) is 7.88. The molecule has 1 amide bonds. The molecule has 0 aromatic heterocycles. The highest BCUT2D eigenvalue weighted by Gasteiger charge is 2.47. The van der Waals surface area contributed by atoms with Crippen LogP contribution in [0.3, 0.4) is 0 Å². The zero-order valence-corrected chi connectivity index (χ0v) is 17.7. The van der Waals surface area contributed by atoms with Crippen molar-refractivity contribution in [3.8, 4) is 0 Å². The number of likely N-dealkylation sites (tertiary alicyclic amines) is 1. The summed E-state index contributed by atoms with van der Waals surface area (Å²) >= 11 is 0. The highest BCUT2D eigenvalue weighted by molar-refractivity contribution is 5.90. The summed E-state index contributed by atoms with van der Waals surface area (Å²) in [5, 5.41) is 0. The van der Waals surface area contributed by atoms with Crippen molar-refractivity contribution < 1.29 is 9.53 Å². The summed E-state index contributed by atoms with van der Waals surface area (Å²) in [4.78, 5) is 18.1. The third-order valence-corrected chi connectivity index (χ3v) is 7.88. The third-order valence-electron chi connectivity index (χ3n) is 7.88. The topological polar surface area (TPSA) is 32.8 Å². The normalized spacial score (nSPS) is 31.8. The van der Waals surface area contributed by atoms with Gasteiger partial charge in [-0.2, -0.15) is 0 Å². The molecule has 1 spiro atoms. The summed E-state index contributed by atoms with van der Waals surface area (Å²) in [5.41, 5.74) is 3.92. The van der Waals surface area contributed by atoms with Gasteiger partial charge in [0.1, 0.15) is 0 Å². The van der Waals surface area contributed by atoms with E-state index < -0.39 is 0 Å². The standard InChI is InChI=1S/C25H34N2O2/c1-26(24(28)17-20-10-9-19-7-2-3-8-21(19)20)22-11-13-25(12-6-16-29-25)18-23(22)27-14-4-5-15-27/h2-3,7-8,10,22-23H,4-6,9,11-18H2,1H3/t22-,23-,25+/m1/s1. The molecular weight excluding hydrogens is 360 g/mol. The van der Waals surface area contributed by atoms with E-state index in [9.17, 15) is 4.79 Å². The Morgan fingerprint density at radius 3 is 2.83 bits per heavy atom. The lowest BCUT2D eigenvalue weighted by molar-refractivity contribution is -0.136. The van der Waals surface area contributed by atoms with E-state index in [1.54, 1.807) is 0 Å². The number of rotatable bonds is 4. The van der Waals surface area contributed by atoms with Gasteiger partial charge in [-0.05, 0) is 81.2 Å². The Morgan fingerprint density at radius 2 is 2.03 bits per heavy atom. The molecule has 2 saturated heterocycles. The van der Waals surface area contributed by atoms with Crippen LogP contribution in [0.15, 0.2) is 30.3 Å². The van der Waals surface area contributed by atoms with E-state index in [1.807, 2.05) is 7.05 Å². The fraction of sp³-hybridized carbons (Fsp3) is 0.640. The van der Waals surface area contributed by atoms with Gasteiger partial charge in [0.15, 0.2) is 0 Å². The maximum atomic E-state index is 13.3. The van der Waals surface area contributed by atoms with Crippen LogP contribution in [0, 0.1) is 0 Å². The molecule has 1 aromatic carbocycles. The van der Waals surface area contributed by atoms with Crippen LogP contribution in [0.5, 0.6) is 0 Å². The molecule has 156 valence electrons. The summed E-state index contributed by atoms with van der Waals surface area (Å²) in [6.45, 7) is 3.27. The van der Waals surface area contributed by atoms with Crippen LogP contribution in [0.2, 0.25) is 0 Å². The van der Waals surface area contributed by atoms with E-state index in [2.05, 4.69) is 40.1 Å². The predicted molar refractivity (Wildman–Crippen MR) is 116 cm³/mol. The minimum absolute atomic E-state index is 0.0839. The molecular formula is C25H34N2O2. The number of allylic oxidation sites excluding steroid dienone is 1. The number of carbonyl (C=O) groups is 1. The van der Waals surface area contributed by atoms with Crippen LogP contribution in [-0.4, -0.2) is 60.1 Å². The monoisotopic (exact) mass is 394 g/mol. The highest BCUT2D eigenvalue weighted by atomic mass is 16.5. The average molecular weight is 395 g/mol. The lowest BCUT2D eigenvalue weighted by atomic mass is 9.76. The summed E-state index contributed by atoms with van der Waals surface area (Å²) in [6.07, 6.45) is 12.0. The first-order valence-electron chi connectivity index (χ1n) is 11.6. The highest BCUT2D eigenvalue weighted by Crippen LogP contribution is 2.43. The van der Waals surface area contributed by atoms with Crippen molar-refractivity contribution in [2.24, 2.45) is 0 Å². The molecule has 4 nitrogen and oxygen atoms in total. The number of benzene rings is 1. The Balaban J connectivity index is 1.31. The molecule has 5 rings (SSSR count). The van der Waals surface area contributed by atoms with Crippen LogP contribution < -0.4 is 0 Å². The minimum Gasteiger partial charge on any atom is -0.375 e. The van der Waals surface area contributed by atoms with Crippen LogP contribution in [0.1, 0.15) is 62.5 Å². The Morgan fingerprint density at radius 1 is 1.21 bits per heavy atom. The minimum atomic E-state index is 0.0839. The first-order chi connectivity index (χ1) is 14.2. The Kier molecular flexibility index (Phi) is 5.25. The largest absolute Gasteiger partial charge is 0.375 e. The summed E-state index contributed by atoms with van der Waals surface area (Å²) < 4.78 is 6.27. The molecule has 2 heterocycles. The second-order valence-electron chi connectivity index (χ2n) is 9.53. The van der Waals surface area contributed by atoms with Crippen LogP contribution in [-0.2, 0) is 16.0 Å². The van der Waals surface area contributed by atoms with Gasteiger partial charge >= 0.3 is 0 Å². The summed E-state index contributed by atoms with van der Waals surface area (Å²) in [7, 11) is 2.05. The van der Waals surface area contributed by atoms with E-state index in [-0.39, 0.29) is 11.5 Å². The smallest absolute Gasteiger partial charge is 0.227 e. The predicted octanol–water partition coefficient (Wildman–Crippen LogP) is 4.04. The molecule has 1 aromatic rings. The molecule has 0 N–H and O–H groups in total. The number of carbonyl (C=O) groups excluding carboxylic acids is 1. The van der Waals surface area contributed by atoms with E-state index in [0.29, 0.717) is 18.5 Å². The quantitative estimate of drug-likeness (QED) is 0.773. The van der Waals surface area contributed by atoms with Gasteiger partial charge in [0.05, 0.1) is 12.0 Å². The number of hydrogen-bond donors (Lipinski definition) is 0. The number of amides is 1. The Hall–Kier alpha value is -1.65. The van der Waals surface area contributed by atoms with E-state index in [1.165, 1.54) is 55.5 Å². The molecule has 2 aliphatic heterocycles. The molecule has 0 unspecified atom stereocenters. The number of hydrogen-bond acceptors (Lipinski definition) is 3. The van der Waals surface area contributed by atoms with Gasteiger partial charge in [0.2, 0.25) is 5.91 Å². The maximum Gasteiger partial charge on any atom is 0.227 e. The van der Waals surface area contributed by atoms with Gasteiger partial charge in [-0.15, -0.1) is 0 Å². The van der Waals surface area contributed by atoms with Gasteiger partial charge in [0, 0.05) is 25.7 Å². The second-order valence-corrected chi connectivity index (χ2v) is 9.53. The maximum absolute atomic E-state index is 13.3. The van der Waals surface area contributed by atoms with Gasteiger partial charge < -0.3 is 9.64 Å². The molecule has 2 aliphatic carbocycles. The molecule has 0 bridgehead atoms. The van der Waals surface area contributed by atoms with E-state index in [0.717, 1.165) is 32.3 Å². The van der Waals surface area contributed by atoms with Gasteiger partial charge in [0.25, 0.3) is 0 Å². The molecule has 4 aliphatic rings. The lowest BCUT2D eigenvalue weighted by Crippen LogP contribution is -2.58. The fourth-order valence-corrected chi connectivity index (χ4v) is 6.23. The van der Waals surface area contributed by atoms with Crippen molar-refractivity contribution >= 4 is 11.5 Å². The summed E-state index contributed by atoms with van der Waals surface area (Å²) in [6, 6.07) is 9.27. The lowest BCUT2D eigenvalue weighted by Gasteiger charge is -2.48. The van der Waals surface area contributed by atoms with Gasteiger partial charge in [-0.3, -0.25) is 9.69 Å². The molecule has 1 saturated carbocycles. The SMILES string of the molecule is CN(C(=O)CC1=CCc2ccccc21)[C@@H]1CC[C@@]2(CCCO2)C[C@H]1N1CCCC1. The van der Waals surface area contributed by atoms with Crippen molar-refractivity contribution in [3.63, 3.8) is 0 Å². The van der Waals surface area contributed by atoms with Crippen LogP contribution >= 0.6 is 0 Å². The number of nitrogens with zero attached hydrogens (tertiary/aromatic N) is 2. The Labute approximate surface area is 174 Å². The average Bonchev–Trinajstić information content (AvgIpc) is 3.50. The van der Waals surface area contributed by atoms with Crippen molar-refractivity contribution in [1.82, 2.24) is 9.80 Å². The van der Waals surface area contributed by atoms with Crippen LogP contribution in [0.4, 0.5) is 0 Å². The summed E-state index contributed by atoms with van der Waals surface area (Å²) in [5.74, 6) is 0.269. The first-order valence-corrected chi connectivity index (χ1v) is 11.6. The third kappa shape index (κ3) is 3.66. The zero-order chi connectivity index (χ0) is 19.8. The molecule has 3 atom stereocenters. The molecule has 0 radical (unpaired) electrons. The Bertz CT molecular complexity index is 790. The molecule has 29 heavy (non-hydrogen) atoms. The number of likely N-dealkylation sites (N-methyl/N-ethyl adjacent to an activating group) is 1. The van der Waals surface area contributed by atoms with E-state index in [4.69, 9.17) is 4.74 Å². The van der Waals surface area contributed by atoms with Gasteiger partial charge in [-0.25, -0.2) is 0 Å². The van der Waals surface area contributed by atoms with Crippen molar-refractivity contribution in [2.75, 3.05) is 26.7 Å². The van der Waals surface area contributed by atoms with Crippen molar-refractivity contribution in [2.45, 2.75) is 75.5 Å². The fourth-order valence-electron chi connectivity index (χ4n) is 6.23. The number of ether oxygens (including phenoxy) is 1. The zero-order valence-electron chi connectivity index (χ0n) is 17.7. The van der Waals surface area contributed by atoms with Crippen LogP contribution in [0.25, 0.3) is 5.57 Å². The van der Waals surface area contributed by atoms with Crippen molar-refractivity contribution in [3.05, 3.63) is 41.5 Å². The first kappa shape index (κ1) is 19.3. The molecule has 3 fully saturated rings. The van der Waals surface area contributed by atoms with Crippen molar-refractivity contribution in [1.29, 1.82) is 0 Å². The van der Waals surface area contributed by atoms with Gasteiger partial charge in [-0.1, -0.05) is 30.3 Å². The van der Waals surface area contributed by atoms with E-state index >= 15 is 0 Å². The molecule has 4 heteroatoms.